The molecule has 0 bridgehead atoms. The predicted octanol–water partition coefficient (Wildman–Crippen LogP) is 2.71. The van der Waals surface area contributed by atoms with Crippen molar-refractivity contribution >= 4 is 0 Å². The van der Waals surface area contributed by atoms with Crippen LogP contribution in [0.25, 0.3) is 5.69 Å². The molecule has 3 nitrogen and oxygen atoms in total. The van der Waals surface area contributed by atoms with Gasteiger partial charge >= 0.3 is 0 Å². The van der Waals surface area contributed by atoms with Crippen molar-refractivity contribution < 1.29 is 0 Å². The number of aromatic nitrogens is 2. The van der Waals surface area contributed by atoms with Crippen LogP contribution in [-0.4, -0.2) is 16.1 Å². The molecular weight excluding hydrogens is 246 g/mol. The van der Waals surface area contributed by atoms with Crippen LogP contribution in [0.2, 0.25) is 0 Å². The summed E-state index contributed by atoms with van der Waals surface area (Å²) >= 11 is 0. The lowest BCUT2D eigenvalue weighted by molar-refractivity contribution is 0.618. The highest BCUT2D eigenvalue weighted by Crippen LogP contribution is 2.30. The zero-order chi connectivity index (χ0) is 13.5. The third-order valence-corrected chi connectivity index (χ3v) is 4.67. The molecule has 0 spiro atoms. The van der Waals surface area contributed by atoms with Crippen LogP contribution >= 0.6 is 0 Å². The summed E-state index contributed by atoms with van der Waals surface area (Å²) in [4.78, 5) is 4.78. The lowest BCUT2D eigenvalue weighted by Crippen LogP contribution is -2.25. The van der Waals surface area contributed by atoms with Crippen LogP contribution in [-0.2, 0) is 25.8 Å². The van der Waals surface area contributed by atoms with Crippen molar-refractivity contribution in [1.29, 1.82) is 0 Å². The van der Waals surface area contributed by atoms with Crippen molar-refractivity contribution in [1.82, 2.24) is 14.9 Å². The Morgan fingerprint density at radius 1 is 1.15 bits per heavy atom. The van der Waals surface area contributed by atoms with E-state index in [1.807, 2.05) is 0 Å². The smallest absolute Gasteiger partial charge is 0.110 e. The van der Waals surface area contributed by atoms with E-state index >= 15 is 0 Å². The molecule has 0 saturated heterocycles. The Kier molecular flexibility index (Phi) is 2.88. The molecule has 0 amide bonds. The third-order valence-electron chi connectivity index (χ3n) is 4.67. The largest absolute Gasteiger partial charge is 0.311 e. The monoisotopic (exact) mass is 267 g/mol. The van der Waals surface area contributed by atoms with E-state index in [2.05, 4.69) is 35.0 Å². The predicted molar refractivity (Wildman–Crippen MR) is 80.4 cm³/mol. The number of nitrogens with zero attached hydrogens (tertiary/aromatic N) is 2. The lowest BCUT2D eigenvalue weighted by atomic mass is 9.90. The molecule has 1 aliphatic carbocycles. The molecule has 20 heavy (non-hydrogen) atoms. The van der Waals surface area contributed by atoms with E-state index in [0.29, 0.717) is 0 Å². The van der Waals surface area contributed by atoms with Gasteiger partial charge in [-0.1, -0.05) is 12.1 Å². The second kappa shape index (κ2) is 4.74. The fourth-order valence-electron chi connectivity index (χ4n) is 3.74. The first-order valence-electron chi connectivity index (χ1n) is 7.73. The summed E-state index contributed by atoms with van der Waals surface area (Å²) in [6.07, 6.45) is 6.19. The topological polar surface area (TPSA) is 29.9 Å². The van der Waals surface area contributed by atoms with Crippen molar-refractivity contribution in [3.8, 4) is 5.69 Å². The number of nitrogens with one attached hydrogen (secondary N) is 1. The normalized spacial score (nSPS) is 17.6. The van der Waals surface area contributed by atoms with E-state index in [1.54, 1.807) is 11.1 Å². The quantitative estimate of drug-likeness (QED) is 0.861. The van der Waals surface area contributed by atoms with Crippen LogP contribution in [0.15, 0.2) is 18.2 Å². The molecule has 1 aromatic heterocycles. The minimum atomic E-state index is 0.915. The van der Waals surface area contributed by atoms with Crippen molar-refractivity contribution in [3.63, 3.8) is 0 Å². The summed E-state index contributed by atoms with van der Waals surface area (Å²) in [5, 5.41) is 3.42. The average molecular weight is 267 g/mol. The zero-order valence-corrected chi connectivity index (χ0v) is 12.1. The van der Waals surface area contributed by atoms with Gasteiger partial charge in [-0.25, -0.2) is 4.98 Å². The van der Waals surface area contributed by atoms with Gasteiger partial charge in [0.05, 0.1) is 11.4 Å². The fourth-order valence-corrected chi connectivity index (χ4v) is 3.74. The lowest BCUT2D eigenvalue weighted by Gasteiger charge is -2.22. The van der Waals surface area contributed by atoms with Crippen LogP contribution in [0.3, 0.4) is 0 Å². The van der Waals surface area contributed by atoms with Gasteiger partial charge in [-0.3, -0.25) is 0 Å². The van der Waals surface area contributed by atoms with Crippen molar-refractivity contribution in [2.24, 2.45) is 0 Å². The van der Waals surface area contributed by atoms with E-state index in [4.69, 9.17) is 4.98 Å². The highest BCUT2D eigenvalue weighted by atomic mass is 15.1. The molecule has 0 saturated carbocycles. The molecule has 0 unspecified atom stereocenters. The number of fused-ring (bicyclic) bond motifs is 2. The Balaban J connectivity index is 1.92. The summed E-state index contributed by atoms with van der Waals surface area (Å²) < 4.78 is 2.42. The Hall–Kier alpha value is -1.61. The van der Waals surface area contributed by atoms with E-state index in [1.165, 1.54) is 42.8 Å². The van der Waals surface area contributed by atoms with Gasteiger partial charge in [0, 0.05) is 25.2 Å². The molecular formula is C17H21N3. The van der Waals surface area contributed by atoms with Gasteiger partial charge in [0.2, 0.25) is 0 Å². The Morgan fingerprint density at radius 2 is 2.05 bits per heavy atom. The Morgan fingerprint density at radius 3 is 3.00 bits per heavy atom. The first kappa shape index (κ1) is 12.2. The zero-order valence-electron chi connectivity index (χ0n) is 12.1. The second-order valence-corrected chi connectivity index (χ2v) is 5.94. The summed E-state index contributed by atoms with van der Waals surface area (Å²) in [7, 11) is 0. The highest BCUT2D eigenvalue weighted by Gasteiger charge is 2.22. The maximum absolute atomic E-state index is 4.78. The van der Waals surface area contributed by atoms with E-state index in [0.717, 1.165) is 25.3 Å². The van der Waals surface area contributed by atoms with Gasteiger partial charge in [0.15, 0.2) is 0 Å². The molecule has 2 heterocycles. The number of rotatable bonds is 1. The van der Waals surface area contributed by atoms with E-state index in [9.17, 15) is 0 Å². The van der Waals surface area contributed by atoms with Gasteiger partial charge in [-0.05, 0) is 49.8 Å². The number of imidazole rings is 1. The molecule has 1 aromatic carbocycles. The third kappa shape index (κ3) is 1.80. The van der Waals surface area contributed by atoms with Crippen LogP contribution in [0.5, 0.6) is 0 Å². The second-order valence-electron chi connectivity index (χ2n) is 5.94. The molecule has 1 N–H and O–H groups in total. The Labute approximate surface area is 120 Å². The Bertz CT molecular complexity index is 654. The molecule has 2 aliphatic rings. The molecule has 3 heteroatoms. The van der Waals surface area contributed by atoms with Gasteiger partial charge in [-0.2, -0.15) is 0 Å². The number of benzene rings is 1. The maximum Gasteiger partial charge on any atom is 0.110 e. The van der Waals surface area contributed by atoms with Gasteiger partial charge in [0.25, 0.3) is 0 Å². The summed E-state index contributed by atoms with van der Waals surface area (Å²) in [6.45, 7) is 4.12. The van der Waals surface area contributed by atoms with Crippen molar-refractivity contribution in [2.75, 3.05) is 6.54 Å². The van der Waals surface area contributed by atoms with E-state index < -0.39 is 0 Å². The summed E-state index contributed by atoms with van der Waals surface area (Å²) in [5.41, 5.74) is 7.14. The minimum absolute atomic E-state index is 0.915. The standard InChI is InChI=1S/C17H21N3/c1-12-19-15-11-18-10-9-17(15)20(12)16-8-4-6-13-5-2-3-7-14(13)16/h4,6,8,18H,2-3,5,7,9-11H2,1H3. The first-order chi connectivity index (χ1) is 9.84. The fraction of sp³-hybridized carbons (Fsp3) is 0.471. The molecule has 0 atom stereocenters. The molecule has 4 rings (SSSR count). The SMILES string of the molecule is Cc1nc2c(n1-c1cccc3c1CCCC3)CCNC2. The van der Waals surface area contributed by atoms with Gasteiger partial charge < -0.3 is 9.88 Å². The number of hydrogen-bond donors (Lipinski definition) is 1. The summed E-state index contributed by atoms with van der Waals surface area (Å²) in [5.74, 6) is 1.14. The highest BCUT2D eigenvalue weighted by molar-refractivity contribution is 5.50. The molecule has 104 valence electrons. The van der Waals surface area contributed by atoms with Crippen LogP contribution in [0.4, 0.5) is 0 Å². The average Bonchev–Trinajstić information content (AvgIpc) is 2.82. The first-order valence-corrected chi connectivity index (χ1v) is 7.73. The minimum Gasteiger partial charge on any atom is -0.311 e. The van der Waals surface area contributed by atoms with Gasteiger partial charge in [-0.15, -0.1) is 0 Å². The van der Waals surface area contributed by atoms with Crippen LogP contribution < -0.4 is 5.32 Å². The number of aryl methyl sites for hydroxylation is 2. The molecule has 2 aromatic rings. The summed E-state index contributed by atoms with van der Waals surface area (Å²) in [6, 6.07) is 6.80. The van der Waals surface area contributed by atoms with Gasteiger partial charge in [0.1, 0.15) is 5.82 Å². The maximum atomic E-state index is 4.78. The van der Waals surface area contributed by atoms with Crippen LogP contribution in [0, 0.1) is 6.92 Å². The molecule has 0 radical (unpaired) electrons. The van der Waals surface area contributed by atoms with Crippen LogP contribution in [0.1, 0.15) is 41.2 Å². The van der Waals surface area contributed by atoms with E-state index in [-0.39, 0.29) is 0 Å². The molecule has 0 fully saturated rings. The van der Waals surface area contributed by atoms with Crippen molar-refractivity contribution in [3.05, 3.63) is 46.5 Å². The van der Waals surface area contributed by atoms with Crippen molar-refractivity contribution in [2.45, 2.75) is 45.6 Å². The number of hydrogen-bond acceptors (Lipinski definition) is 2. The molecule has 1 aliphatic heterocycles.